The molecule has 10 heteroatoms. The molecule has 0 aliphatic carbocycles. The number of aromatic amines is 2. The molecule has 1 aliphatic heterocycles. The number of ether oxygens (including phenoxy) is 1. The van der Waals surface area contributed by atoms with Crippen molar-refractivity contribution in [3.63, 3.8) is 0 Å². The molecule has 0 spiro atoms. The molecule has 8 nitrogen and oxygen atoms in total. The van der Waals surface area contributed by atoms with E-state index in [1.165, 1.54) is 6.07 Å². The molecule has 1 aromatic carbocycles. The Bertz CT molecular complexity index is 877. The van der Waals surface area contributed by atoms with Gasteiger partial charge in [-0.2, -0.15) is 0 Å². The molecule has 140 valence electrons. The Morgan fingerprint density at radius 1 is 1.19 bits per heavy atom. The van der Waals surface area contributed by atoms with Crippen molar-refractivity contribution < 1.29 is 18.3 Å². The fourth-order valence-corrected chi connectivity index (χ4v) is 2.87. The molecule has 0 radical (unpaired) electrons. The number of amides is 1. The average molecular weight is 368 g/mol. The largest absolute Gasteiger partial charge is 0.370 e. The molecule has 1 atom stereocenters. The van der Waals surface area contributed by atoms with E-state index in [-0.39, 0.29) is 32.0 Å². The second-order valence-corrected chi connectivity index (χ2v) is 5.99. The van der Waals surface area contributed by atoms with Crippen molar-refractivity contribution in [1.82, 2.24) is 19.7 Å². The zero-order valence-electron chi connectivity index (χ0n) is 13.8. The van der Waals surface area contributed by atoms with E-state index >= 15 is 0 Å². The van der Waals surface area contributed by atoms with Gasteiger partial charge in [0.1, 0.15) is 6.10 Å². The van der Waals surface area contributed by atoms with E-state index in [0.717, 1.165) is 16.7 Å². The third-order valence-electron chi connectivity index (χ3n) is 4.27. The van der Waals surface area contributed by atoms with Gasteiger partial charge in [0.2, 0.25) is 5.91 Å². The van der Waals surface area contributed by atoms with Crippen LogP contribution in [-0.4, -0.2) is 45.3 Å². The number of carbonyl (C=O) groups excluding carboxylic acids is 1. The highest BCUT2D eigenvalue weighted by Crippen LogP contribution is 2.24. The molecule has 1 aliphatic rings. The summed E-state index contributed by atoms with van der Waals surface area (Å²) in [7, 11) is 0. The summed E-state index contributed by atoms with van der Waals surface area (Å²) < 4.78 is 33.0. The molecule has 26 heavy (non-hydrogen) atoms. The first-order chi connectivity index (χ1) is 12.5. The monoisotopic (exact) mass is 368 g/mol. The number of benzene rings is 1. The third kappa shape index (κ3) is 3.90. The molecule has 1 aromatic heterocycles. The van der Waals surface area contributed by atoms with Crippen LogP contribution in [0.4, 0.5) is 8.78 Å². The fraction of sp³-hybridized carbons (Fsp3) is 0.438. The molecule has 1 saturated heterocycles. The zero-order chi connectivity index (χ0) is 18.7. The first-order valence-corrected chi connectivity index (χ1v) is 8.17. The first-order valence-electron chi connectivity index (χ1n) is 8.17. The Balaban J connectivity index is 1.56. The van der Waals surface area contributed by atoms with Crippen molar-refractivity contribution in [2.75, 3.05) is 19.7 Å². The van der Waals surface area contributed by atoms with Crippen LogP contribution in [0.5, 0.6) is 0 Å². The maximum absolute atomic E-state index is 13.4. The Morgan fingerprint density at radius 3 is 2.62 bits per heavy atom. The number of halogens is 2. The van der Waals surface area contributed by atoms with Gasteiger partial charge in [0.05, 0.1) is 13.2 Å². The minimum absolute atomic E-state index is 0.125. The lowest BCUT2D eigenvalue weighted by atomic mass is 10.1. The summed E-state index contributed by atoms with van der Waals surface area (Å²) in [4.78, 5) is 36.7. The van der Waals surface area contributed by atoms with Crippen LogP contribution in [0, 0.1) is 11.6 Å². The lowest BCUT2D eigenvalue weighted by molar-refractivity contribution is -0.139. The summed E-state index contributed by atoms with van der Waals surface area (Å²) in [6.07, 6.45) is -0.0491. The molecular formula is C16H18F2N4O4. The minimum atomic E-state index is -0.961. The fourth-order valence-electron chi connectivity index (χ4n) is 2.87. The summed E-state index contributed by atoms with van der Waals surface area (Å²) in [6, 6.07) is 3.53. The lowest BCUT2D eigenvalue weighted by Gasteiger charge is -2.33. The zero-order valence-corrected chi connectivity index (χ0v) is 13.8. The standard InChI is InChI=1S/C16H18F2N4O4/c17-11-4-3-10(8-12(11)18)13-9-21(6-7-26-13)14(23)2-1-5-22-15(24)19-20-16(22)25/h3-4,8,13H,1-2,5-7,9H2,(H,19,24)(H,20,25). The predicted octanol–water partition coefficient (Wildman–Crippen LogP) is 0.523. The van der Waals surface area contributed by atoms with Gasteiger partial charge in [-0.3, -0.25) is 4.79 Å². The van der Waals surface area contributed by atoms with Crippen molar-refractivity contribution >= 4 is 5.91 Å². The van der Waals surface area contributed by atoms with Gasteiger partial charge in [-0.15, -0.1) is 0 Å². The van der Waals surface area contributed by atoms with Crippen molar-refractivity contribution in [3.05, 3.63) is 56.4 Å². The molecule has 1 fully saturated rings. The van der Waals surface area contributed by atoms with E-state index in [0.29, 0.717) is 18.5 Å². The molecule has 1 unspecified atom stereocenters. The average Bonchev–Trinajstić information content (AvgIpc) is 2.96. The minimum Gasteiger partial charge on any atom is -0.370 e. The normalized spacial score (nSPS) is 17.5. The Kier molecular flexibility index (Phi) is 5.31. The Labute approximate surface area is 146 Å². The maximum Gasteiger partial charge on any atom is 0.344 e. The predicted molar refractivity (Wildman–Crippen MR) is 86.5 cm³/mol. The van der Waals surface area contributed by atoms with Gasteiger partial charge in [0, 0.05) is 19.5 Å². The topological polar surface area (TPSA) is 100 Å². The molecule has 2 N–H and O–H groups in total. The molecule has 0 bridgehead atoms. The number of nitrogens with zero attached hydrogens (tertiary/aromatic N) is 2. The van der Waals surface area contributed by atoms with Crippen LogP contribution < -0.4 is 11.4 Å². The summed E-state index contributed by atoms with van der Waals surface area (Å²) in [5, 5.41) is 4.34. The highest BCUT2D eigenvalue weighted by Gasteiger charge is 2.25. The van der Waals surface area contributed by atoms with E-state index in [2.05, 4.69) is 10.2 Å². The van der Waals surface area contributed by atoms with Crippen LogP contribution in [0.1, 0.15) is 24.5 Å². The van der Waals surface area contributed by atoms with Crippen LogP contribution in [-0.2, 0) is 16.1 Å². The summed E-state index contributed by atoms with van der Waals surface area (Å²) in [5.41, 5.74) is -0.633. The first kappa shape index (κ1) is 18.1. The molecule has 2 heterocycles. The smallest absolute Gasteiger partial charge is 0.344 e. The number of morpholine rings is 1. The second-order valence-electron chi connectivity index (χ2n) is 5.99. The molecule has 1 amide bonds. The van der Waals surface area contributed by atoms with Crippen molar-refractivity contribution in [1.29, 1.82) is 0 Å². The van der Waals surface area contributed by atoms with Crippen molar-refractivity contribution in [2.45, 2.75) is 25.5 Å². The number of aromatic nitrogens is 3. The van der Waals surface area contributed by atoms with E-state index < -0.39 is 29.1 Å². The number of H-pyrrole nitrogens is 2. The molecule has 0 saturated carbocycles. The highest BCUT2D eigenvalue weighted by molar-refractivity contribution is 5.76. The van der Waals surface area contributed by atoms with Gasteiger partial charge >= 0.3 is 11.4 Å². The van der Waals surface area contributed by atoms with Crippen LogP contribution >= 0.6 is 0 Å². The van der Waals surface area contributed by atoms with E-state index in [4.69, 9.17) is 4.74 Å². The van der Waals surface area contributed by atoms with Gasteiger partial charge in [-0.05, 0) is 24.1 Å². The third-order valence-corrected chi connectivity index (χ3v) is 4.27. The molecule has 3 rings (SSSR count). The van der Waals surface area contributed by atoms with Gasteiger partial charge in [0.25, 0.3) is 0 Å². The van der Waals surface area contributed by atoms with Gasteiger partial charge < -0.3 is 9.64 Å². The van der Waals surface area contributed by atoms with Gasteiger partial charge in [-0.1, -0.05) is 6.07 Å². The van der Waals surface area contributed by atoms with Crippen LogP contribution in [0.15, 0.2) is 27.8 Å². The van der Waals surface area contributed by atoms with Crippen molar-refractivity contribution in [2.24, 2.45) is 0 Å². The van der Waals surface area contributed by atoms with E-state index in [9.17, 15) is 23.2 Å². The van der Waals surface area contributed by atoms with Crippen molar-refractivity contribution in [3.8, 4) is 0 Å². The Morgan fingerprint density at radius 2 is 1.92 bits per heavy atom. The van der Waals surface area contributed by atoms with Crippen LogP contribution in [0.25, 0.3) is 0 Å². The van der Waals surface area contributed by atoms with Gasteiger partial charge in [0.15, 0.2) is 11.6 Å². The van der Waals surface area contributed by atoms with Gasteiger partial charge in [-0.25, -0.2) is 33.1 Å². The highest BCUT2D eigenvalue weighted by atomic mass is 19.2. The maximum atomic E-state index is 13.4. The Hall–Kier alpha value is -2.75. The number of rotatable bonds is 5. The molecular weight excluding hydrogens is 350 g/mol. The molecule has 2 aromatic rings. The number of hydrogen-bond acceptors (Lipinski definition) is 4. The quantitative estimate of drug-likeness (QED) is 0.804. The van der Waals surface area contributed by atoms with E-state index in [1.807, 2.05) is 0 Å². The summed E-state index contributed by atoms with van der Waals surface area (Å²) in [6.45, 7) is 1.03. The summed E-state index contributed by atoms with van der Waals surface area (Å²) in [5.74, 6) is -2.05. The van der Waals surface area contributed by atoms with Crippen LogP contribution in [0.3, 0.4) is 0 Å². The number of carbonyl (C=O) groups is 1. The van der Waals surface area contributed by atoms with Crippen LogP contribution in [0.2, 0.25) is 0 Å². The second kappa shape index (κ2) is 7.65. The lowest BCUT2D eigenvalue weighted by Crippen LogP contribution is -2.42. The number of hydrogen-bond donors (Lipinski definition) is 2. The SMILES string of the molecule is O=C(CCCn1c(=O)[nH][nH]c1=O)N1CCOC(c2ccc(F)c(F)c2)C1. The number of nitrogens with one attached hydrogen (secondary N) is 2. The van der Waals surface area contributed by atoms with E-state index in [1.54, 1.807) is 4.90 Å². The summed E-state index contributed by atoms with van der Waals surface area (Å²) >= 11 is 0.